The second-order valence-corrected chi connectivity index (χ2v) is 9.94. The van der Waals surface area contributed by atoms with E-state index in [1.54, 1.807) is 0 Å². The third-order valence-corrected chi connectivity index (χ3v) is 6.07. The number of carbonyl (C=O) groups is 1. The van der Waals surface area contributed by atoms with Gasteiger partial charge in [0.25, 0.3) is 0 Å². The minimum atomic E-state index is -0.469. The molecule has 0 spiro atoms. The van der Waals surface area contributed by atoms with Gasteiger partial charge >= 0.3 is 5.97 Å². The SMILES string of the molecule is CCCCCCCCOC(=O)CCc1cc(C2N=c3ccccc3=N2)c(O)c(C(C)(C)C)c1. The van der Waals surface area contributed by atoms with Gasteiger partial charge in [0.15, 0.2) is 6.17 Å². The van der Waals surface area contributed by atoms with E-state index in [0.29, 0.717) is 25.0 Å². The molecule has 0 fully saturated rings. The number of fused-ring (bicyclic) bond motifs is 1. The van der Waals surface area contributed by atoms with Gasteiger partial charge in [-0.3, -0.25) is 14.8 Å². The molecule has 0 atom stereocenters. The number of nitrogens with zero attached hydrogens (tertiary/aromatic N) is 2. The summed E-state index contributed by atoms with van der Waals surface area (Å²) in [5.74, 6) is 0.0698. The van der Waals surface area contributed by atoms with Crippen LogP contribution in [0, 0.1) is 0 Å². The quantitative estimate of drug-likeness (QED) is 0.364. The van der Waals surface area contributed by atoms with Crippen molar-refractivity contribution < 1.29 is 14.6 Å². The number of unbranched alkanes of at least 4 members (excludes halogenated alkanes) is 5. The summed E-state index contributed by atoms with van der Waals surface area (Å²) in [6.07, 6.45) is 7.43. The summed E-state index contributed by atoms with van der Waals surface area (Å²) >= 11 is 0. The lowest BCUT2D eigenvalue weighted by Gasteiger charge is -2.24. The number of ether oxygens (including phenoxy) is 1. The lowest BCUT2D eigenvalue weighted by molar-refractivity contribution is -0.143. The van der Waals surface area contributed by atoms with Gasteiger partial charge in [0.05, 0.1) is 17.3 Å². The fraction of sp³-hybridized carbons (Fsp3) is 0.536. The molecule has 2 aromatic carbocycles. The molecule has 1 heterocycles. The Kier molecular flexibility index (Phi) is 8.65. The van der Waals surface area contributed by atoms with Gasteiger partial charge in [0.2, 0.25) is 0 Å². The number of phenolic OH excluding ortho intramolecular Hbond substituents is 1. The predicted octanol–water partition coefficient (Wildman–Crippen LogP) is 5.48. The number of hydrogen-bond donors (Lipinski definition) is 1. The van der Waals surface area contributed by atoms with Crippen LogP contribution >= 0.6 is 0 Å². The van der Waals surface area contributed by atoms with Gasteiger partial charge in [-0.05, 0) is 47.6 Å². The van der Waals surface area contributed by atoms with E-state index in [1.165, 1.54) is 25.7 Å². The first-order valence-corrected chi connectivity index (χ1v) is 12.3. The Morgan fingerprint density at radius 1 is 1.00 bits per heavy atom. The number of phenols is 1. The minimum absolute atomic E-state index is 0.168. The Labute approximate surface area is 197 Å². The number of aromatic hydroxyl groups is 1. The monoisotopic (exact) mass is 450 g/mol. The molecule has 0 amide bonds. The van der Waals surface area contributed by atoms with Crippen LogP contribution in [0.4, 0.5) is 0 Å². The molecule has 5 heteroatoms. The number of para-hydroxylation sites is 2. The van der Waals surface area contributed by atoms with E-state index in [0.717, 1.165) is 34.7 Å². The molecular weight excluding hydrogens is 412 g/mol. The molecule has 0 bridgehead atoms. The van der Waals surface area contributed by atoms with Crippen LogP contribution in [-0.4, -0.2) is 17.7 Å². The largest absolute Gasteiger partial charge is 0.507 e. The zero-order chi connectivity index (χ0) is 23.8. The van der Waals surface area contributed by atoms with Crippen molar-refractivity contribution in [3.05, 3.63) is 63.8 Å². The number of carbonyl (C=O) groups excluding carboxylic acids is 1. The van der Waals surface area contributed by atoms with E-state index in [4.69, 9.17) is 14.7 Å². The maximum atomic E-state index is 12.3. The molecule has 0 saturated heterocycles. The van der Waals surface area contributed by atoms with Gasteiger partial charge in [-0.25, -0.2) is 0 Å². The summed E-state index contributed by atoms with van der Waals surface area (Å²) in [7, 11) is 0. The Morgan fingerprint density at radius 2 is 1.64 bits per heavy atom. The van der Waals surface area contributed by atoms with Crippen LogP contribution in [0.1, 0.15) is 95.5 Å². The molecule has 0 radical (unpaired) electrons. The van der Waals surface area contributed by atoms with E-state index >= 15 is 0 Å². The lowest BCUT2D eigenvalue weighted by atomic mass is 9.83. The zero-order valence-corrected chi connectivity index (χ0v) is 20.6. The zero-order valence-electron chi connectivity index (χ0n) is 20.6. The normalized spacial score (nSPS) is 13.3. The molecule has 33 heavy (non-hydrogen) atoms. The van der Waals surface area contributed by atoms with Gasteiger partial charge in [-0.1, -0.05) is 78.0 Å². The third-order valence-electron chi connectivity index (χ3n) is 6.07. The molecule has 0 unspecified atom stereocenters. The summed E-state index contributed by atoms with van der Waals surface area (Å²) in [5.41, 5.74) is 2.27. The molecule has 0 aromatic heterocycles. The van der Waals surface area contributed by atoms with Crippen LogP contribution in [0.2, 0.25) is 0 Å². The maximum Gasteiger partial charge on any atom is 0.306 e. The summed E-state index contributed by atoms with van der Waals surface area (Å²) in [5, 5.41) is 12.7. The average molecular weight is 451 g/mol. The van der Waals surface area contributed by atoms with Gasteiger partial charge in [-0.15, -0.1) is 0 Å². The number of hydrogen-bond acceptors (Lipinski definition) is 5. The number of aryl methyl sites for hydroxylation is 1. The smallest absolute Gasteiger partial charge is 0.306 e. The van der Waals surface area contributed by atoms with Crippen LogP contribution in [0.5, 0.6) is 5.75 Å². The van der Waals surface area contributed by atoms with Crippen molar-refractivity contribution in [1.82, 2.24) is 0 Å². The lowest BCUT2D eigenvalue weighted by Crippen LogP contribution is -2.19. The highest BCUT2D eigenvalue weighted by atomic mass is 16.5. The molecule has 178 valence electrons. The van der Waals surface area contributed by atoms with Gasteiger partial charge in [0.1, 0.15) is 5.75 Å². The molecule has 0 saturated carbocycles. The summed E-state index contributed by atoms with van der Waals surface area (Å²) in [4.78, 5) is 21.7. The first kappa shape index (κ1) is 24.9. The summed E-state index contributed by atoms with van der Waals surface area (Å²) < 4.78 is 5.44. The molecule has 0 aliphatic carbocycles. The minimum Gasteiger partial charge on any atom is -0.507 e. The van der Waals surface area contributed by atoms with Crippen LogP contribution in [0.25, 0.3) is 0 Å². The molecule has 1 N–H and O–H groups in total. The Bertz CT molecular complexity index is 1030. The van der Waals surface area contributed by atoms with Gasteiger partial charge in [0, 0.05) is 12.0 Å². The van der Waals surface area contributed by atoms with Crippen molar-refractivity contribution in [2.45, 2.75) is 90.6 Å². The van der Waals surface area contributed by atoms with Crippen molar-refractivity contribution in [3.63, 3.8) is 0 Å². The Morgan fingerprint density at radius 3 is 2.27 bits per heavy atom. The second kappa shape index (κ2) is 11.4. The molecule has 2 aromatic rings. The van der Waals surface area contributed by atoms with Crippen molar-refractivity contribution >= 4 is 5.97 Å². The van der Waals surface area contributed by atoms with Crippen LogP contribution < -0.4 is 10.7 Å². The fourth-order valence-electron chi connectivity index (χ4n) is 4.13. The fourth-order valence-corrected chi connectivity index (χ4v) is 4.13. The topological polar surface area (TPSA) is 71.2 Å². The van der Waals surface area contributed by atoms with Crippen molar-refractivity contribution in [2.75, 3.05) is 6.61 Å². The van der Waals surface area contributed by atoms with Crippen LogP contribution in [0.3, 0.4) is 0 Å². The number of benzene rings is 2. The molecule has 1 aliphatic heterocycles. The first-order chi connectivity index (χ1) is 15.8. The maximum absolute atomic E-state index is 12.3. The highest BCUT2D eigenvalue weighted by Crippen LogP contribution is 2.39. The van der Waals surface area contributed by atoms with Gasteiger partial charge in [-0.2, -0.15) is 0 Å². The standard InChI is InChI=1S/C28H38N2O3/c1-5-6-7-8-9-12-17-33-25(31)16-15-20-18-21(26(32)22(19-20)28(2,3)4)27-29-23-13-10-11-14-24(23)30-27/h10-11,13-14,18-19,27,32H,5-9,12,15-17H2,1-4H3. The van der Waals surface area contributed by atoms with Crippen LogP contribution in [0.15, 0.2) is 46.4 Å². The molecule has 5 nitrogen and oxygen atoms in total. The predicted molar refractivity (Wildman–Crippen MR) is 131 cm³/mol. The molecule has 1 aliphatic rings. The summed E-state index contributed by atoms with van der Waals surface area (Å²) in [6.45, 7) is 8.92. The van der Waals surface area contributed by atoms with Crippen molar-refractivity contribution in [3.8, 4) is 5.75 Å². The van der Waals surface area contributed by atoms with E-state index < -0.39 is 6.17 Å². The Balaban J connectivity index is 1.67. The molecule has 3 rings (SSSR count). The van der Waals surface area contributed by atoms with Crippen LogP contribution in [-0.2, 0) is 21.4 Å². The summed E-state index contributed by atoms with van der Waals surface area (Å²) in [6, 6.07) is 11.7. The van der Waals surface area contributed by atoms with Gasteiger partial charge < -0.3 is 9.84 Å². The molecular formula is C28H38N2O3. The number of esters is 1. The van der Waals surface area contributed by atoms with E-state index in [-0.39, 0.29) is 17.1 Å². The highest BCUT2D eigenvalue weighted by Gasteiger charge is 2.25. The van der Waals surface area contributed by atoms with Crippen molar-refractivity contribution in [1.29, 1.82) is 0 Å². The van der Waals surface area contributed by atoms with E-state index in [1.807, 2.05) is 36.4 Å². The second-order valence-electron chi connectivity index (χ2n) is 9.94. The van der Waals surface area contributed by atoms with E-state index in [9.17, 15) is 9.90 Å². The highest BCUT2D eigenvalue weighted by molar-refractivity contribution is 5.69. The first-order valence-electron chi connectivity index (χ1n) is 12.3. The van der Waals surface area contributed by atoms with E-state index in [2.05, 4.69) is 27.7 Å². The Hall–Kier alpha value is -2.69. The number of rotatable bonds is 11. The average Bonchev–Trinajstić information content (AvgIpc) is 3.21. The third kappa shape index (κ3) is 6.89. The van der Waals surface area contributed by atoms with Crippen molar-refractivity contribution in [2.24, 2.45) is 9.98 Å².